The Hall–Kier alpha value is -3.72. The van der Waals surface area contributed by atoms with Crippen LogP contribution in [0.15, 0.2) is 42.5 Å². The standard InChI is InChI=1S/C27H27N3O6/c1-29-14-13-26-23-17-6-9-20(35-2)24(23)36-25(26)19(31)11-12-27(26,21(29)15-17)28-22(32)10-5-16-3-7-18(8-4-16)30(33)34/h3-10,21,25H,11-15H2,1-2H3,(H,28,32)/b10-5+/t21?,25-,26-,27+/m0/s1. The number of carbonyl (C=O) groups excluding carboxylic acids is 2. The van der Waals surface area contributed by atoms with Crippen LogP contribution in [0.5, 0.6) is 11.5 Å². The quantitative estimate of drug-likeness (QED) is 0.391. The van der Waals surface area contributed by atoms with E-state index in [2.05, 4.69) is 23.3 Å². The van der Waals surface area contributed by atoms with Crippen LogP contribution in [-0.2, 0) is 21.4 Å². The SMILES string of the molecule is COc1ccc2c3c1O[C@H]1C(=O)CC[C@@]4(NC(=O)/C=C/c5ccc([N+](=O)[O-])cc5)C(C2)N(C)CC[C@]314. The largest absolute Gasteiger partial charge is 0.493 e. The van der Waals surface area contributed by atoms with Gasteiger partial charge in [0.1, 0.15) is 0 Å². The number of hydrogen-bond acceptors (Lipinski definition) is 7. The Balaban J connectivity index is 1.41. The predicted molar refractivity (Wildman–Crippen MR) is 131 cm³/mol. The second-order valence-electron chi connectivity index (χ2n) is 10.2. The van der Waals surface area contributed by atoms with Crippen molar-refractivity contribution in [1.29, 1.82) is 0 Å². The van der Waals surface area contributed by atoms with Crippen molar-refractivity contribution in [2.45, 2.75) is 48.8 Å². The van der Waals surface area contributed by atoms with Gasteiger partial charge in [-0.3, -0.25) is 19.7 Å². The van der Waals surface area contributed by atoms with Crippen LogP contribution in [0.25, 0.3) is 6.08 Å². The van der Waals surface area contributed by atoms with Crippen LogP contribution >= 0.6 is 0 Å². The number of methoxy groups -OCH3 is 1. The van der Waals surface area contributed by atoms with Gasteiger partial charge in [0.15, 0.2) is 23.4 Å². The number of nitro groups is 1. The van der Waals surface area contributed by atoms with Crippen LogP contribution in [0.3, 0.4) is 0 Å². The molecule has 2 aliphatic heterocycles. The zero-order chi connectivity index (χ0) is 25.2. The number of nitrogens with one attached hydrogen (secondary N) is 1. The van der Waals surface area contributed by atoms with Crippen LogP contribution in [0.4, 0.5) is 5.69 Å². The van der Waals surface area contributed by atoms with E-state index >= 15 is 0 Å². The molecule has 0 radical (unpaired) electrons. The maximum atomic E-state index is 13.4. The Kier molecular flexibility index (Phi) is 4.98. The van der Waals surface area contributed by atoms with Gasteiger partial charge in [0, 0.05) is 36.2 Å². The molecule has 4 atom stereocenters. The Morgan fingerprint density at radius 1 is 1.25 bits per heavy atom. The first-order valence-electron chi connectivity index (χ1n) is 12.2. The summed E-state index contributed by atoms with van der Waals surface area (Å²) in [7, 11) is 3.68. The summed E-state index contributed by atoms with van der Waals surface area (Å²) < 4.78 is 12.0. The Labute approximate surface area is 208 Å². The fourth-order valence-corrected chi connectivity index (χ4v) is 7.13. The van der Waals surface area contributed by atoms with Crippen molar-refractivity contribution in [2.24, 2.45) is 0 Å². The molecule has 36 heavy (non-hydrogen) atoms. The molecular formula is C27H27N3O6. The van der Waals surface area contributed by atoms with Crippen LogP contribution in [0, 0.1) is 10.1 Å². The first kappa shape index (κ1) is 22.7. The van der Waals surface area contributed by atoms with Gasteiger partial charge in [-0.1, -0.05) is 6.07 Å². The molecule has 2 aromatic rings. The molecule has 2 fully saturated rings. The highest BCUT2D eigenvalue weighted by Gasteiger charge is 2.73. The van der Waals surface area contributed by atoms with Crippen LogP contribution in [-0.4, -0.2) is 59.9 Å². The lowest BCUT2D eigenvalue weighted by molar-refractivity contribution is -0.384. The van der Waals surface area contributed by atoms with Gasteiger partial charge < -0.3 is 19.7 Å². The lowest BCUT2D eigenvalue weighted by Crippen LogP contribution is -2.81. The number of likely N-dealkylation sites (tertiary alicyclic amines) is 1. The first-order chi connectivity index (χ1) is 17.3. The molecular weight excluding hydrogens is 462 g/mol. The third-order valence-electron chi connectivity index (χ3n) is 8.66. The first-order valence-corrected chi connectivity index (χ1v) is 12.2. The van der Waals surface area contributed by atoms with Crippen molar-refractivity contribution in [3.05, 3.63) is 69.3 Å². The van der Waals surface area contributed by atoms with E-state index in [1.54, 1.807) is 25.3 Å². The van der Waals surface area contributed by atoms with E-state index in [0.29, 0.717) is 36.3 Å². The zero-order valence-electron chi connectivity index (χ0n) is 20.2. The number of rotatable bonds is 5. The minimum atomic E-state index is -0.680. The number of ether oxygens (including phenoxy) is 2. The molecule has 2 aromatic carbocycles. The summed E-state index contributed by atoms with van der Waals surface area (Å²) >= 11 is 0. The van der Waals surface area contributed by atoms with E-state index in [1.165, 1.54) is 18.2 Å². The summed E-state index contributed by atoms with van der Waals surface area (Å²) in [5, 5.41) is 14.3. The van der Waals surface area contributed by atoms with Gasteiger partial charge >= 0.3 is 0 Å². The van der Waals surface area contributed by atoms with E-state index < -0.39 is 22.0 Å². The number of Topliss-reactive ketones (excluding diaryl/α,β-unsaturated/α-hetero) is 1. The molecule has 1 saturated heterocycles. The Bertz CT molecular complexity index is 1320. The molecule has 2 heterocycles. The monoisotopic (exact) mass is 489 g/mol. The van der Waals surface area contributed by atoms with Gasteiger partial charge in [-0.25, -0.2) is 0 Å². The van der Waals surface area contributed by atoms with Crippen LogP contribution < -0.4 is 14.8 Å². The second kappa shape index (κ2) is 7.89. The zero-order valence-corrected chi connectivity index (χ0v) is 20.2. The smallest absolute Gasteiger partial charge is 0.269 e. The van der Waals surface area contributed by atoms with Gasteiger partial charge in [-0.05, 0) is 68.3 Å². The van der Waals surface area contributed by atoms with Crippen LogP contribution in [0.1, 0.15) is 36.0 Å². The van der Waals surface area contributed by atoms with Gasteiger partial charge in [0.2, 0.25) is 5.91 Å². The fraction of sp³-hybridized carbons (Fsp3) is 0.407. The van der Waals surface area contributed by atoms with Crippen molar-refractivity contribution >= 4 is 23.5 Å². The number of piperidine rings is 1. The van der Waals surface area contributed by atoms with Crippen molar-refractivity contribution in [1.82, 2.24) is 10.2 Å². The molecule has 1 amide bonds. The van der Waals surface area contributed by atoms with Gasteiger partial charge in [0.25, 0.3) is 5.69 Å². The lowest BCUT2D eigenvalue weighted by Gasteiger charge is -2.64. The second-order valence-corrected chi connectivity index (χ2v) is 10.2. The summed E-state index contributed by atoms with van der Waals surface area (Å²) in [6.45, 7) is 0.796. The average Bonchev–Trinajstić information content (AvgIpc) is 3.23. The fourth-order valence-electron chi connectivity index (χ4n) is 7.13. The molecule has 2 bridgehead atoms. The van der Waals surface area contributed by atoms with Gasteiger partial charge in [0.05, 0.1) is 23.0 Å². The van der Waals surface area contributed by atoms with Gasteiger partial charge in [-0.15, -0.1) is 0 Å². The van der Waals surface area contributed by atoms with E-state index in [0.717, 1.165) is 24.1 Å². The molecule has 1 saturated carbocycles. The van der Waals surface area contributed by atoms with Crippen molar-refractivity contribution < 1.29 is 24.0 Å². The highest BCUT2D eigenvalue weighted by Crippen LogP contribution is 2.64. The molecule has 0 aromatic heterocycles. The molecule has 9 nitrogen and oxygen atoms in total. The molecule has 1 N–H and O–H groups in total. The number of ketones is 1. The number of nitrogens with zero attached hydrogens (tertiary/aromatic N) is 2. The summed E-state index contributed by atoms with van der Waals surface area (Å²) in [4.78, 5) is 39.4. The topological polar surface area (TPSA) is 111 Å². The highest BCUT2D eigenvalue weighted by atomic mass is 16.6. The molecule has 2 aliphatic carbocycles. The molecule has 6 rings (SSSR count). The normalized spacial score (nSPS) is 30.0. The third kappa shape index (κ3) is 2.92. The van der Waals surface area contributed by atoms with Gasteiger partial charge in [-0.2, -0.15) is 0 Å². The summed E-state index contributed by atoms with van der Waals surface area (Å²) in [6, 6.07) is 10.0. The van der Waals surface area contributed by atoms with E-state index in [4.69, 9.17) is 9.47 Å². The van der Waals surface area contributed by atoms with E-state index in [9.17, 15) is 19.7 Å². The van der Waals surface area contributed by atoms with Crippen LogP contribution in [0.2, 0.25) is 0 Å². The van der Waals surface area contributed by atoms with E-state index in [-0.39, 0.29) is 23.4 Å². The number of non-ortho nitro benzene ring substituents is 1. The van der Waals surface area contributed by atoms with Crippen molar-refractivity contribution in [2.75, 3.05) is 20.7 Å². The Morgan fingerprint density at radius 3 is 2.75 bits per heavy atom. The number of nitro benzene ring substituents is 1. The predicted octanol–water partition coefficient (Wildman–Crippen LogP) is 2.79. The third-order valence-corrected chi connectivity index (χ3v) is 8.66. The average molecular weight is 490 g/mol. The molecule has 1 spiro atoms. The molecule has 1 unspecified atom stereocenters. The minimum absolute atomic E-state index is 0.00305. The summed E-state index contributed by atoms with van der Waals surface area (Å²) in [5.74, 6) is 1.05. The molecule has 9 heteroatoms. The van der Waals surface area contributed by atoms with E-state index in [1.807, 2.05) is 6.07 Å². The Morgan fingerprint density at radius 2 is 2.03 bits per heavy atom. The number of carbonyl (C=O) groups is 2. The molecule has 186 valence electrons. The van der Waals surface area contributed by atoms with Crippen molar-refractivity contribution in [3.63, 3.8) is 0 Å². The number of benzene rings is 2. The van der Waals surface area contributed by atoms with Crippen molar-refractivity contribution in [3.8, 4) is 11.5 Å². The maximum absolute atomic E-state index is 13.4. The highest BCUT2D eigenvalue weighted by molar-refractivity contribution is 5.95. The summed E-state index contributed by atoms with van der Waals surface area (Å²) in [5.41, 5.74) is 1.51. The summed E-state index contributed by atoms with van der Waals surface area (Å²) in [6.07, 6.45) is 4.74. The number of hydrogen-bond donors (Lipinski definition) is 1. The number of amides is 1. The minimum Gasteiger partial charge on any atom is -0.493 e. The lowest BCUT2D eigenvalue weighted by atomic mass is 9.47. The molecule has 4 aliphatic rings. The number of likely N-dealkylation sites (N-methyl/N-ethyl adjacent to an activating group) is 1. The maximum Gasteiger partial charge on any atom is 0.269 e.